The fourth-order valence-corrected chi connectivity index (χ4v) is 4.36. The van der Waals surface area contributed by atoms with E-state index < -0.39 is 0 Å². The minimum Gasteiger partial charge on any atom is -0.398 e. The van der Waals surface area contributed by atoms with Crippen LogP contribution in [0.4, 0.5) is 5.69 Å². The number of halogens is 1. The highest BCUT2D eigenvalue weighted by atomic mass is 35.5. The van der Waals surface area contributed by atoms with Crippen molar-refractivity contribution < 1.29 is 0 Å². The second-order valence-electron chi connectivity index (χ2n) is 7.86. The summed E-state index contributed by atoms with van der Waals surface area (Å²) in [5, 5.41) is 0.784. The number of imidazole rings is 1. The molecule has 0 amide bonds. The number of piperidine rings is 1. The van der Waals surface area contributed by atoms with Crippen molar-refractivity contribution >= 4 is 22.9 Å². The Morgan fingerprint density at radius 1 is 1.15 bits per heavy atom. The fraction of sp³-hybridized carbons (Fsp3) is 0.409. The van der Waals surface area contributed by atoms with E-state index in [2.05, 4.69) is 35.3 Å². The minimum atomic E-state index is 0.570. The van der Waals surface area contributed by atoms with Crippen molar-refractivity contribution in [1.29, 1.82) is 0 Å². The molecule has 1 fully saturated rings. The van der Waals surface area contributed by atoms with Gasteiger partial charge in [0.15, 0.2) is 0 Å². The number of fused-ring (bicyclic) bond motifs is 1. The van der Waals surface area contributed by atoms with E-state index in [1.807, 2.05) is 31.3 Å². The van der Waals surface area contributed by atoms with Crippen molar-refractivity contribution in [2.45, 2.75) is 58.7 Å². The molecule has 4 rings (SSSR count). The third-order valence-electron chi connectivity index (χ3n) is 5.88. The number of nitrogens with zero attached hydrogens (tertiary/aromatic N) is 3. The van der Waals surface area contributed by atoms with Crippen LogP contribution >= 0.6 is 11.6 Å². The van der Waals surface area contributed by atoms with E-state index in [-0.39, 0.29) is 0 Å². The number of aryl methyl sites for hydroxylation is 1. The molecule has 142 valence electrons. The molecule has 1 aromatic carbocycles. The highest BCUT2D eigenvalue weighted by Gasteiger charge is 2.27. The maximum atomic E-state index is 6.25. The van der Waals surface area contributed by atoms with Gasteiger partial charge in [0, 0.05) is 41.1 Å². The summed E-state index contributed by atoms with van der Waals surface area (Å²) in [6.07, 6.45) is 5.79. The molecule has 0 aliphatic carbocycles. The maximum Gasteiger partial charge on any atom is 0.137 e. The minimum absolute atomic E-state index is 0.570. The summed E-state index contributed by atoms with van der Waals surface area (Å²) in [6.45, 7) is 7.57. The first-order chi connectivity index (χ1) is 12.9. The summed E-state index contributed by atoms with van der Waals surface area (Å²) in [5.74, 6) is 0. The number of hydrogen-bond donors (Lipinski definition) is 1. The van der Waals surface area contributed by atoms with Crippen molar-refractivity contribution in [2.24, 2.45) is 0 Å². The first kappa shape index (κ1) is 18.3. The number of nitrogens with two attached hydrogens (primary N) is 1. The van der Waals surface area contributed by atoms with Crippen LogP contribution in [0.25, 0.3) is 16.9 Å². The Kier molecular flexibility index (Phi) is 4.87. The largest absolute Gasteiger partial charge is 0.398 e. The molecule has 0 saturated carbocycles. The number of pyridine rings is 1. The molecule has 3 aromatic rings. The van der Waals surface area contributed by atoms with Gasteiger partial charge in [0.2, 0.25) is 0 Å². The van der Waals surface area contributed by atoms with Crippen molar-refractivity contribution in [1.82, 2.24) is 14.3 Å². The Hall–Kier alpha value is -2.04. The van der Waals surface area contributed by atoms with Crippen LogP contribution in [-0.4, -0.2) is 26.4 Å². The van der Waals surface area contributed by atoms with Gasteiger partial charge in [0.1, 0.15) is 5.65 Å². The Bertz CT molecular complexity index is 968. The lowest BCUT2D eigenvalue weighted by Crippen LogP contribution is -2.43. The SMILES string of the molecule is Cc1cc(-c2nc3ccc(N)cn3c2CN2C(C)CCCC2C)ccc1Cl. The average Bonchev–Trinajstić information content (AvgIpc) is 2.98. The summed E-state index contributed by atoms with van der Waals surface area (Å²) >= 11 is 6.25. The molecule has 1 aliphatic heterocycles. The maximum absolute atomic E-state index is 6.25. The van der Waals surface area contributed by atoms with Crippen LogP contribution in [0.15, 0.2) is 36.5 Å². The normalized spacial score (nSPS) is 21.0. The lowest BCUT2D eigenvalue weighted by atomic mass is 9.97. The molecule has 2 aromatic heterocycles. The molecule has 3 heterocycles. The number of rotatable bonds is 3. The zero-order valence-corrected chi connectivity index (χ0v) is 17.0. The van der Waals surface area contributed by atoms with Gasteiger partial charge in [-0.1, -0.05) is 24.1 Å². The number of hydrogen-bond acceptors (Lipinski definition) is 3. The molecular weight excluding hydrogens is 356 g/mol. The van der Waals surface area contributed by atoms with Gasteiger partial charge in [-0.25, -0.2) is 4.98 Å². The van der Waals surface area contributed by atoms with Crippen molar-refractivity contribution in [2.75, 3.05) is 5.73 Å². The third kappa shape index (κ3) is 3.44. The molecule has 0 spiro atoms. The Balaban J connectivity index is 1.85. The predicted octanol–water partition coefficient (Wildman–Crippen LogP) is 5.31. The zero-order valence-electron chi connectivity index (χ0n) is 16.2. The van der Waals surface area contributed by atoms with Gasteiger partial charge in [-0.2, -0.15) is 0 Å². The van der Waals surface area contributed by atoms with E-state index in [9.17, 15) is 0 Å². The Morgan fingerprint density at radius 3 is 2.59 bits per heavy atom. The second-order valence-corrected chi connectivity index (χ2v) is 8.27. The Labute approximate surface area is 166 Å². The number of likely N-dealkylation sites (tertiary alicyclic amines) is 1. The monoisotopic (exact) mass is 382 g/mol. The van der Waals surface area contributed by atoms with Crippen molar-refractivity contribution in [3.63, 3.8) is 0 Å². The van der Waals surface area contributed by atoms with Gasteiger partial charge in [0.05, 0.1) is 11.4 Å². The average molecular weight is 383 g/mol. The van der Waals surface area contributed by atoms with Crippen LogP contribution in [0.1, 0.15) is 44.4 Å². The van der Waals surface area contributed by atoms with Crippen LogP contribution in [-0.2, 0) is 6.54 Å². The molecule has 27 heavy (non-hydrogen) atoms. The van der Waals surface area contributed by atoms with E-state index in [0.29, 0.717) is 12.1 Å². The van der Waals surface area contributed by atoms with E-state index in [4.69, 9.17) is 22.3 Å². The van der Waals surface area contributed by atoms with Gasteiger partial charge < -0.3 is 10.1 Å². The van der Waals surface area contributed by atoms with Crippen LogP contribution in [0.2, 0.25) is 5.02 Å². The van der Waals surface area contributed by atoms with Crippen LogP contribution in [0.3, 0.4) is 0 Å². The van der Waals surface area contributed by atoms with Crippen LogP contribution in [0, 0.1) is 6.92 Å². The molecule has 0 bridgehead atoms. The second kappa shape index (κ2) is 7.17. The van der Waals surface area contributed by atoms with Gasteiger partial charge in [-0.3, -0.25) is 4.90 Å². The molecule has 2 atom stereocenters. The molecule has 2 unspecified atom stereocenters. The van der Waals surface area contributed by atoms with Crippen molar-refractivity contribution in [3.8, 4) is 11.3 Å². The van der Waals surface area contributed by atoms with Gasteiger partial charge in [-0.05, 0) is 63.4 Å². The standard InChI is InChI=1S/C22H27ClN4/c1-14-11-17(7-9-19(14)23)22-20(13-26-15(2)5-4-6-16(26)3)27-12-18(24)8-10-21(27)25-22/h7-12,15-16H,4-6,13,24H2,1-3H3. The van der Waals surface area contributed by atoms with Gasteiger partial charge in [0.25, 0.3) is 0 Å². The Morgan fingerprint density at radius 2 is 1.89 bits per heavy atom. The molecule has 2 N–H and O–H groups in total. The summed E-state index contributed by atoms with van der Waals surface area (Å²) < 4.78 is 2.16. The van der Waals surface area contributed by atoms with E-state index in [1.54, 1.807) is 0 Å². The highest BCUT2D eigenvalue weighted by molar-refractivity contribution is 6.31. The molecular formula is C22H27ClN4. The first-order valence-electron chi connectivity index (χ1n) is 9.73. The summed E-state index contributed by atoms with van der Waals surface area (Å²) in [5.41, 5.74) is 12.2. The number of anilines is 1. The lowest BCUT2D eigenvalue weighted by Gasteiger charge is -2.39. The highest BCUT2D eigenvalue weighted by Crippen LogP contribution is 2.32. The zero-order chi connectivity index (χ0) is 19.1. The summed E-state index contributed by atoms with van der Waals surface area (Å²) in [6, 6.07) is 11.2. The number of benzene rings is 1. The van der Waals surface area contributed by atoms with Gasteiger partial charge >= 0.3 is 0 Å². The van der Waals surface area contributed by atoms with Crippen LogP contribution in [0.5, 0.6) is 0 Å². The predicted molar refractivity (Wildman–Crippen MR) is 113 cm³/mol. The van der Waals surface area contributed by atoms with Crippen LogP contribution < -0.4 is 5.73 Å². The molecule has 1 saturated heterocycles. The van der Waals surface area contributed by atoms with E-state index >= 15 is 0 Å². The molecule has 0 radical (unpaired) electrons. The molecule has 1 aliphatic rings. The topological polar surface area (TPSA) is 46.6 Å². The van der Waals surface area contributed by atoms with Crippen molar-refractivity contribution in [3.05, 3.63) is 52.8 Å². The molecule has 4 nitrogen and oxygen atoms in total. The third-order valence-corrected chi connectivity index (χ3v) is 6.30. The number of nitrogen functional groups attached to an aromatic ring is 1. The van der Waals surface area contributed by atoms with E-state index in [1.165, 1.54) is 25.0 Å². The van der Waals surface area contributed by atoms with E-state index in [0.717, 1.165) is 39.7 Å². The molecule has 5 heteroatoms. The number of aromatic nitrogens is 2. The smallest absolute Gasteiger partial charge is 0.137 e. The lowest BCUT2D eigenvalue weighted by molar-refractivity contribution is 0.0937. The summed E-state index contributed by atoms with van der Waals surface area (Å²) in [4.78, 5) is 7.55. The van der Waals surface area contributed by atoms with Gasteiger partial charge in [-0.15, -0.1) is 0 Å². The first-order valence-corrected chi connectivity index (χ1v) is 10.1. The fourth-order valence-electron chi connectivity index (χ4n) is 4.24. The quantitative estimate of drug-likeness (QED) is 0.667. The summed E-state index contributed by atoms with van der Waals surface area (Å²) in [7, 11) is 0.